The maximum Gasteiger partial charge on any atom is 0.271 e. The Bertz CT molecular complexity index is 1010. The van der Waals surface area contributed by atoms with Gasteiger partial charge in [-0.2, -0.15) is 0 Å². The van der Waals surface area contributed by atoms with Crippen molar-refractivity contribution in [1.82, 2.24) is 9.47 Å². The number of hydrogen-bond donors (Lipinski definition) is 1. The van der Waals surface area contributed by atoms with Crippen molar-refractivity contribution >= 4 is 17.0 Å². The molecule has 28 heavy (non-hydrogen) atoms. The molecule has 0 radical (unpaired) electrons. The smallest absolute Gasteiger partial charge is 0.271 e. The van der Waals surface area contributed by atoms with Gasteiger partial charge in [-0.05, 0) is 37.3 Å². The van der Waals surface area contributed by atoms with Gasteiger partial charge in [0, 0.05) is 17.5 Å². The predicted molar refractivity (Wildman–Crippen MR) is 103 cm³/mol. The molecule has 7 nitrogen and oxygen atoms in total. The first kappa shape index (κ1) is 17.2. The summed E-state index contributed by atoms with van der Waals surface area (Å²) in [5.74, 6) is 1.74. The molecule has 3 aromatic rings. The lowest BCUT2D eigenvalue weighted by Crippen LogP contribution is -3.13. The van der Waals surface area contributed by atoms with Gasteiger partial charge in [0.15, 0.2) is 11.5 Å². The van der Waals surface area contributed by atoms with Crippen LogP contribution >= 0.6 is 0 Å². The predicted octanol–water partition coefficient (Wildman–Crippen LogP) is 1.52. The van der Waals surface area contributed by atoms with Crippen molar-refractivity contribution in [3.63, 3.8) is 0 Å². The maximum absolute atomic E-state index is 13.1. The summed E-state index contributed by atoms with van der Waals surface area (Å²) in [6.45, 7) is 7.36. The second kappa shape index (κ2) is 6.91. The van der Waals surface area contributed by atoms with Crippen LogP contribution < -0.4 is 14.4 Å². The number of nitrogens with zero attached hydrogens (tertiary/aromatic N) is 2. The fraction of sp³-hybridized carbons (Fsp3) is 0.381. The van der Waals surface area contributed by atoms with Crippen LogP contribution in [0.3, 0.4) is 0 Å². The fourth-order valence-electron chi connectivity index (χ4n) is 4.17. The number of carbonyl (C=O) groups is 1. The summed E-state index contributed by atoms with van der Waals surface area (Å²) in [5, 5.41) is 0.984. The first-order chi connectivity index (χ1) is 13.7. The van der Waals surface area contributed by atoms with Crippen LogP contribution in [0.15, 0.2) is 41.0 Å². The number of hydrogen-bond acceptors (Lipinski definition) is 4. The summed E-state index contributed by atoms with van der Waals surface area (Å²) >= 11 is 0. The molecule has 0 atom stereocenters. The number of furan rings is 1. The third-order valence-electron chi connectivity index (χ3n) is 5.69. The molecule has 1 aromatic carbocycles. The highest BCUT2D eigenvalue weighted by atomic mass is 16.7. The highest BCUT2D eigenvalue weighted by molar-refractivity contribution is 5.97. The quantitative estimate of drug-likeness (QED) is 0.743. The fourth-order valence-corrected chi connectivity index (χ4v) is 4.17. The molecule has 0 spiro atoms. The Morgan fingerprint density at radius 3 is 2.75 bits per heavy atom. The maximum atomic E-state index is 13.1. The van der Waals surface area contributed by atoms with Gasteiger partial charge in [0.1, 0.15) is 12.2 Å². The summed E-state index contributed by atoms with van der Waals surface area (Å²) in [5.41, 5.74) is 2.73. The van der Waals surface area contributed by atoms with E-state index in [0.717, 1.165) is 61.0 Å². The summed E-state index contributed by atoms with van der Waals surface area (Å²) in [4.78, 5) is 16.5. The number of piperazine rings is 1. The van der Waals surface area contributed by atoms with Gasteiger partial charge in [-0.1, -0.05) is 0 Å². The lowest BCUT2D eigenvalue weighted by atomic mass is 10.1. The number of benzene rings is 1. The van der Waals surface area contributed by atoms with Crippen molar-refractivity contribution in [3.05, 3.63) is 47.9 Å². The second-order valence-electron chi connectivity index (χ2n) is 7.36. The number of ether oxygens (including phenoxy) is 2. The summed E-state index contributed by atoms with van der Waals surface area (Å²) in [6.07, 6.45) is 1.67. The Kier molecular flexibility index (Phi) is 4.24. The molecule has 2 aliphatic rings. The first-order valence-electron chi connectivity index (χ1n) is 9.81. The Labute approximate surface area is 163 Å². The van der Waals surface area contributed by atoms with Crippen molar-refractivity contribution in [1.29, 1.82) is 0 Å². The van der Waals surface area contributed by atoms with Gasteiger partial charge in [0.05, 0.1) is 32.4 Å². The second-order valence-corrected chi connectivity index (χ2v) is 7.36. The van der Waals surface area contributed by atoms with E-state index in [9.17, 15) is 4.79 Å². The zero-order valence-electron chi connectivity index (χ0n) is 15.9. The molecule has 0 aliphatic carbocycles. The van der Waals surface area contributed by atoms with Crippen molar-refractivity contribution in [2.45, 2.75) is 20.0 Å². The van der Waals surface area contributed by atoms with E-state index >= 15 is 0 Å². The molecule has 2 aromatic heterocycles. The average molecular weight is 382 g/mol. The highest BCUT2D eigenvalue weighted by Gasteiger charge is 2.28. The lowest BCUT2D eigenvalue weighted by molar-refractivity contribution is -0.917. The van der Waals surface area contributed by atoms with Crippen LogP contribution in [0, 0.1) is 0 Å². The molecule has 7 heteroatoms. The largest absolute Gasteiger partial charge is 0.454 e. The van der Waals surface area contributed by atoms with Gasteiger partial charge < -0.3 is 28.3 Å². The van der Waals surface area contributed by atoms with E-state index in [0.29, 0.717) is 13.3 Å². The van der Waals surface area contributed by atoms with Crippen LogP contribution in [0.2, 0.25) is 0 Å². The number of amides is 1. The van der Waals surface area contributed by atoms with Crippen LogP contribution in [0.1, 0.15) is 23.0 Å². The molecule has 5 rings (SSSR count). The molecule has 4 heterocycles. The third kappa shape index (κ3) is 2.92. The molecular formula is C21H24N3O4+. The average Bonchev–Trinajstić information content (AvgIpc) is 3.43. The van der Waals surface area contributed by atoms with Crippen LogP contribution in [-0.4, -0.2) is 48.3 Å². The van der Waals surface area contributed by atoms with Gasteiger partial charge in [-0.3, -0.25) is 4.79 Å². The number of fused-ring (bicyclic) bond motifs is 2. The van der Waals surface area contributed by atoms with E-state index in [1.807, 2.05) is 34.6 Å². The first-order valence-corrected chi connectivity index (χ1v) is 9.81. The number of aromatic nitrogens is 1. The highest BCUT2D eigenvalue weighted by Crippen LogP contribution is 2.32. The molecule has 0 bridgehead atoms. The van der Waals surface area contributed by atoms with E-state index < -0.39 is 0 Å². The Balaban J connectivity index is 1.24. The van der Waals surface area contributed by atoms with E-state index in [-0.39, 0.29) is 5.91 Å². The minimum atomic E-state index is 0.0929. The Hall–Kier alpha value is -2.93. The summed E-state index contributed by atoms with van der Waals surface area (Å²) in [7, 11) is 0. The molecule has 1 fully saturated rings. The van der Waals surface area contributed by atoms with E-state index in [1.165, 1.54) is 10.5 Å². The molecular weight excluding hydrogens is 358 g/mol. The van der Waals surface area contributed by atoms with Gasteiger partial charge in [-0.15, -0.1) is 0 Å². The van der Waals surface area contributed by atoms with Gasteiger partial charge in [0.2, 0.25) is 12.5 Å². The lowest BCUT2D eigenvalue weighted by Gasteiger charge is -2.32. The minimum Gasteiger partial charge on any atom is -0.454 e. The number of carbonyl (C=O) groups excluding carboxylic acids is 1. The Morgan fingerprint density at radius 2 is 1.93 bits per heavy atom. The van der Waals surface area contributed by atoms with Gasteiger partial charge in [0.25, 0.3) is 5.91 Å². The molecule has 0 saturated carbocycles. The van der Waals surface area contributed by atoms with Crippen LogP contribution in [0.4, 0.5) is 0 Å². The van der Waals surface area contributed by atoms with Crippen LogP contribution in [0.5, 0.6) is 11.5 Å². The van der Waals surface area contributed by atoms with Crippen LogP contribution in [-0.2, 0) is 13.1 Å². The normalized spacial score (nSPS) is 16.8. The molecule has 0 unspecified atom stereocenters. The van der Waals surface area contributed by atoms with Gasteiger partial charge in [-0.25, -0.2) is 0 Å². The molecule has 1 amide bonds. The molecule has 1 saturated heterocycles. The SMILES string of the molecule is CCn1c(C(=O)N2CC[NH+](Cc3ccc4c(c3)OCO4)CC2)cc2ccoc21. The molecule has 1 N–H and O–H groups in total. The number of quaternary nitrogens is 1. The zero-order valence-corrected chi connectivity index (χ0v) is 15.9. The van der Waals surface area contributed by atoms with Crippen molar-refractivity contribution in [3.8, 4) is 11.5 Å². The summed E-state index contributed by atoms with van der Waals surface area (Å²) < 4.78 is 18.4. The third-order valence-corrected chi connectivity index (χ3v) is 5.69. The van der Waals surface area contributed by atoms with E-state index in [4.69, 9.17) is 13.9 Å². The number of nitrogens with one attached hydrogen (secondary N) is 1. The van der Waals surface area contributed by atoms with Crippen molar-refractivity contribution in [2.24, 2.45) is 0 Å². The summed E-state index contributed by atoms with van der Waals surface area (Å²) in [6, 6.07) is 9.99. The standard InChI is InChI=1S/C21H23N3O4/c1-2-24-17(12-16-5-10-26-21(16)24)20(25)23-8-6-22(7-9-23)13-15-3-4-18-19(11-15)28-14-27-18/h3-5,10-12H,2,6-9,13-14H2,1H3/p+1. The van der Waals surface area contributed by atoms with Gasteiger partial charge >= 0.3 is 0 Å². The molecule has 146 valence electrons. The topological polar surface area (TPSA) is 61.3 Å². The number of rotatable bonds is 4. The van der Waals surface area contributed by atoms with E-state index in [1.54, 1.807) is 6.26 Å². The Morgan fingerprint density at radius 1 is 1.11 bits per heavy atom. The number of aryl methyl sites for hydroxylation is 1. The van der Waals surface area contributed by atoms with Crippen LogP contribution in [0.25, 0.3) is 11.1 Å². The zero-order chi connectivity index (χ0) is 19.1. The van der Waals surface area contributed by atoms with Crippen molar-refractivity contribution < 1.29 is 23.6 Å². The van der Waals surface area contributed by atoms with Crippen molar-refractivity contribution in [2.75, 3.05) is 33.0 Å². The minimum absolute atomic E-state index is 0.0929. The monoisotopic (exact) mass is 382 g/mol. The van der Waals surface area contributed by atoms with E-state index in [2.05, 4.69) is 12.1 Å². The molecule has 2 aliphatic heterocycles.